The Morgan fingerprint density at radius 1 is 0.969 bits per heavy atom. The minimum atomic E-state index is -3.93. The molecule has 164 valence electrons. The van der Waals surface area contributed by atoms with Crippen molar-refractivity contribution in [3.05, 3.63) is 101 Å². The van der Waals surface area contributed by atoms with E-state index in [1.54, 1.807) is 12.1 Å². The summed E-state index contributed by atoms with van der Waals surface area (Å²) < 4.78 is 36.7. The second kappa shape index (κ2) is 9.06. The summed E-state index contributed by atoms with van der Waals surface area (Å²) in [4.78, 5) is 14.8. The molecule has 6 nitrogen and oxygen atoms in total. The quantitative estimate of drug-likeness (QED) is 0.343. The lowest BCUT2D eigenvalue weighted by Crippen LogP contribution is -2.30. The van der Waals surface area contributed by atoms with Gasteiger partial charge in [0.15, 0.2) is 5.76 Å². The molecule has 0 atom stereocenters. The Morgan fingerprint density at radius 3 is 2.31 bits per heavy atom. The normalized spacial score (nSPS) is 11.4. The van der Waals surface area contributed by atoms with Crippen LogP contribution in [0.25, 0.3) is 0 Å². The van der Waals surface area contributed by atoms with Gasteiger partial charge in [-0.15, -0.1) is 0 Å². The highest BCUT2D eigenvalue weighted by Crippen LogP contribution is 2.27. The van der Waals surface area contributed by atoms with Crippen LogP contribution in [0.15, 0.2) is 97.9 Å². The maximum Gasteiger partial charge on any atom is 0.294 e. The molecule has 0 fully saturated rings. The molecule has 2 aromatic carbocycles. The van der Waals surface area contributed by atoms with Crippen molar-refractivity contribution in [3.63, 3.8) is 0 Å². The van der Waals surface area contributed by atoms with E-state index in [2.05, 4.69) is 0 Å². The largest absolute Gasteiger partial charge is 0.467 e. The second-order valence-corrected chi connectivity index (χ2v) is 9.38. The first-order valence-electron chi connectivity index (χ1n) is 9.92. The van der Waals surface area contributed by atoms with E-state index >= 15 is 0 Å². The summed E-state index contributed by atoms with van der Waals surface area (Å²) in [6.07, 6.45) is 2.40. The molecule has 0 saturated carbocycles. The molecule has 0 unspecified atom stereocenters. The van der Waals surface area contributed by atoms with E-state index in [9.17, 15) is 13.2 Å². The number of furan rings is 2. The van der Waals surface area contributed by atoms with E-state index in [1.807, 2.05) is 31.2 Å². The first-order valence-corrected chi connectivity index (χ1v) is 11.8. The zero-order valence-corrected chi connectivity index (χ0v) is 18.8. The molecule has 0 aliphatic heterocycles. The number of carbonyl (C=O) groups excluding carboxylic acids is 1. The predicted molar refractivity (Wildman–Crippen MR) is 121 cm³/mol. The van der Waals surface area contributed by atoms with E-state index < -0.39 is 15.7 Å². The van der Waals surface area contributed by atoms with Gasteiger partial charge in [-0.1, -0.05) is 30.7 Å². The van der Waals surface area contributed by atoms with E-state index in [-0.39, 0.29) is 22.3 Å². The lowest BCUT2D eigenvalue weighted by Gasteiger charge is -2.21. The summed E-state index contributed by atoms with van der Waals surface area (Å²) in [6, 6.07) is 19.4. The van der Waals surface area contributed by atoms with Crippen molar-refractivity contribution < 1.29 is 22.0 Å². The molecule has 0 aliphatic rings. The Kier molecular flexibility index (Phi) is 6.21. The molecule has 4 aromatic rings. The van der Waals surface area contributed by atoms with Crippen molar-refractivity contribution in [3.8, 4) is 0 Å². The van der Waals surface area contributed by atoms with Gasteiger partial charge in [0.05, 0.1) is 17.7 Å². The van der Waals surface area contributed by atoms with E-state index in [1.165, 1.54) is 47.6 Å². The van der Waals surface area contributed by atoms with Crippen molar-refractivity contribution in [1.29, 1.82) is 0 Å². The number of hydrogen-bond donors (Lipinski definition) is 0. The van der Waals surface area contributed by atoms with Crippen LogP contribution in [0.1, 0.15) is 28.8 Å². The second-order valence-electron chi connectivity index (χ2n) is 7.07. The van der Waals surface area contributed by atoms with E-state index in [0.717, 1.165) is 12.0 Å². The number of nitrogens with zero attached hydrogens (tertiary/aromatic N) is 1. The van der Waals surface area contributed by atoms with Gasteiger partial charge in [0.1, 0.15) is 5.76 Å². The minimum absolute atomic E-state index is 0.0258. The Bertz CT molecular complexity index is 1310. The number of halogens is 1. The first kappa shape index (κ1) is 21.9. The third-order valence-corrected chi connectivity index (χ3v) is 6.87. The van der Waals surface area contributed by atoms with Gasteiger partial charge in [0, 0.05) is 10.7 Å². The number of hydrogen-bond acceptors (Lipinski definition) is 5. The third kappa shape index (κ3) is 4.49. The molecule has 0 saturated heterocycles. The molecule has 1 amide bonds. The molecule has 0 aliphatic carbocycles. The van der Waals surface area contributed by atoms with Gasteiger partial charge in [-0.3, -0.25) is 9.69 Å². The van der Waals surface area contributed by atoms with Gasteiger partial charge in [-0.2, -0.15) is 0 Å². The number of aryl methyl sites for hydroxylation is 1. The van der Waals surface area contributed by atoms with Gasteiger partial charge in [-0.05, 0) is 72.6 Å². The fourth-order valence-corrected chi connectivity index (χ4v) is 4.49. The molecule has 32 heavy (non-hydrogen) atoms. The van der Waals surface area contributed by atoms with Crippen molar-refractivity contribution >= 4 is 33.0 Å². The van der Waals surface area contributed by atoms with Crippen LogP contribution < -0.4 is 4.90 Å². The van der Waals surface area contributed by atoms with Crippen LogP contribution >= 0.6 is 11.6 Å². The highest BCUT2D eigenvalue weighted by Gasteiger charge is 2.27. The molecule has 2 heterocycles. The van der Waals surface area contributed by atoms with Crippen LogP contribution in [0.5, 0.6) is 0 Å². The number of benzene rings is 2. The monoisotopic (exact) mass is 469 g/mol. The Balaban J connectivity index is 1.66. The zero-order valence-electron chi connectivity index (χ0n) is 17.2. The number of sulfone groups is 1. The van der Waals surface area contributed by atoms with Gasteiger partial charge in [-0.25, -0.2) is 8.42 Å². The smallest absolute Gasteiger partial charge is 0.294 e. The Labute approximate surface area is 191 Å². The summed E-state index contributed by atoms with van der Waals surface area (Å²) in [5.41, 5.74) is 1.77. The molecule has 2 aromatic heterocycles. The summed E-state index contributed by atoms with van der Waals surface area (Å²) in [5, 5.41) is 0.101. The minimum Gasteiger partial charge on any atom is -0.467 e. The average Bonchev–Trinajstić information content (AvgIpc) is 3.50. The third-order valence-electron chi connectivity index (χ3n) is 4.98. The van der Waals surface area contributed by atoms with Crippen LogP contribution in [0.2, 0.25) is 5.02 Å². The highest BCUT2D eigenvalue weighted by atomic mass is 35.5. The van der Waals surface area contributed by atoms with Crippen molar-refractivity contribution in [2.75, 3.05) is 4.90 Å². The molecule has 8 heteroatoms. The standard InChI is InChI=1S/C24H20ClNO5S/c1-2-17-5-9-19(10-6-17)26(16-20-4-3-15-30-20)24(27)22-13-14-23(31-22)32(28,29)21-11-7-18(25)8-12-21/h3-15H,2,16H2,1H3. The van der Waals surface area contributed by atoms with E-state index in [0.29, 0.717) is 16.5 Å². The van der Waals surface area contributed by atoms with Crippen molar-refractivity contribution in [2.45, 2.75) is 29.9 Å². The molecule has 0 radical (unpaired) electrons. The number of amides is 1. The zero-order chi connectivity index (χ0) is 22.7. The Hall–Kier alpha value is -3.29. The summed E-state index contributed by atoms with van der Waals surface area (Å²) in [5.74, 6) is 0.00495. The summed E-state index contributed by atoms with van der Waals surface area (Å²) in [7, 11) is -3.93. The lowest BCUT2D eigenvalue weighted by atomic mass is 10.1. The fraction of sp³-hybridized carbons (Fsp3) is 0.125. The van der Waals surface area contributed by atoms with Crippen LogP contribution in [0, 0.1) is 0 Å². The van der Waals surface area contributed by atoms with E-state index in [4.69, 9.17) is 20.4 Å². The Morgan fingerprint density at radius 2 is 1.69 bits per heavy atom. The van der Waals surface area contributed by atoms with Crippen LogP contribution in [0.4, 0.5) is 5.69 Å². The van der Waals surface area contributed by atoms with Crippen molar-refractivity contribution in [2.24, 2.45) is 0 Å². The number of carbonyl (C=O) groups is 1. The molecular formula is C24H20ClNO5S. The summed E-state index contributed by atoms with van der Waals surface area (Å²) in [6.45, 7) is 2.21. The number of rotatable bonds is 7. The SMILES string of the molecule is CCc1ccc(N(Cc2ccco2)C(=O)c2ccc(S(=O)(=O)c3ccc(Cl)cc3)o2)cc1. The maximum absolute atomic E-state index is 13.3. The number of anilines is 1. The maximum atomic E-state index is 13.3. The van der Waals surface area contributed by atoms with Gasteiger partial charge < -0.3 is 8.83 Å². The predicted octanol–water partition coefficient (Wildman–Crippen LogP) is 5.77. The van der Waals surface area contributed by atoms with Gasteiger partial charge in [0.2, 0.25) is 14.9 Å². The van der Waals surface area contributed by atoms with Crippen molar-refractivity contribution in [1.82, 2.24) is 0 Å². The van der Waals surface area contributed by atoms with Crippen LogP contribution in [-0.2, 0) is 22.8 Å². The van der Waals surface area contributed by atoms with Gasteiger partial charge in [0.25, 0.3) is 5.91 Å². The van der Waals surface area contributed by atoms with Crippen LogP contribution in [-0.4, -0.2) is 14.3 Å². The summed E-state index contributed by atoms with van der Waals surface area (Å²) >= 11 is 5.85. The topological polar surface area (TPSA) is 80.7 Å². The first-order chi connectivity index (χ1) is 15.4. The average molecular weight is 470 g/mol. The highest BCUT2D eigenvalue weighted by molar-refractivity contribution is 7.91. The van der Waals surface area contributed by atoms with Gasteiger partial charge >= 0.3 is 0 Å². The molecule has 0 spiro atoms. The molecule has 4 rings (SSSR count). The fourth-order valence-electron chi connectivity index (χ4n) is 3.19. The molecule has 0 bridgehead atoms. The lowest BCUT2D eigenvalue weighted by molar-refractivity contribution is 0.0951. The molecular weight excluding hydrogens is 450 g/mol. The van der Waals surface area contributed by atoms with Crippen LogP contribution in [0.3, 0.4) is 0 Å². The molecule has 0 N–H and O–H groups in total.